The van der Waals surface area contributed by atoms with Gasteiger partial charge in [-0.05, 0) is 69.0 Å². The molecule has 35 heavy (non-hydrogen) atoms. The van der Waals surface area contributed by atoms with Gasteiger partial charge in [0, 0.05) is 18.7 Å². The SMILES string of the molecule is CC1=CC[C@@H]2C(=O)N(c3ccc(OC(=O)[C@H]4CC(=O)N(c5c(C)cccc5C)C4)cc3)C(=O)[C@H]2C1. The van der Waals surface area contributed by atoms with Crippen LogP contribution < -0.4 is 14.5 Å². The maximum Gasteiger partial charge on any atom is 0.316 e. The van der Waals surface area contributed by atoms with Crippen LogP contribution in [0.25, 0.3) is 0 Å². The summed E-state index contributed by atoms with van der Waals surface area (Å²) >= 11 is 0. The Morgan fingerprint density at radius 3 is 2.23 bits per heavy atom. The molecule has 2 aromatic rings. The minimum absolute atomic E-state index is 0.0949. The van der Waals surface area contributed by atoms with Gasteiger partial charge in [0.1, 0.15) is 5.75 Å². The molecule has 0 radical (unpaired) electrons. The summed E-state index contributed by atoms with van der Waals surface area (Å²) in [6.45, 7) is 6.16. The predicted molar refractivity (Wildman–Crippen MR) is 131 cm³/mol. The molecule has 3 atom stereocenters. The van der Waals surface area contributed by atoms with Crippen LogP contribution in [0.4, 0.5) is 11.4 Å². The molecular weight excluding hydrogens is 444 g/mol. The first kappa shape index (κ1) is 23.0. The largest absolute Gasteiger partial charge is 0.426 e. The third-order valence-corrected chi connectivity index (χ3v) is 7.30. The number of hydrogen-bond donors (Lipinski definition) is 0. The number of amides is 3. The van der Waals surface area contributed by atoms with Crippen LogP contribution in [-0.2, 0) is 19.2 Å². The molecule has 2 aliphatic heterocycles. The van der Waals surface area contributed by atoms with Crippen molar-refractivity contribution in [1.82, 2.24) is 0 Å². The number of para-hydroxylation sites is 1. The van der Waals surface area contributed by atoms with Crippen molar-refractivity contribution in [3.63, 3.8) is 0 Å². The Kier molecular flexibility index (Phi) is 5.79. The number of imide groups is 1. The summed E-state index contributed by atoms with van der Waals surface area (Å²) < 4.78 is 5.56. The van der Waals surface area contributed by atoms with Gasteiger partial charge in [0.15, 0.2) is 0 Å². The molecule has 0 bridgehead atoms. The molecule has 2 aromatic carbocycles. The number of hydrogen-bond acceptors (Lipinski definition) is 5. The molecule has 1 aliphatic carbocycles. The molecule has 2 heterocycles. The first-order chi connectivity index (χ1) is 16.7. The highest BCUT2D eigenvalue weighted by Gasteiger charge is 2.48. The molecule has 0 N–H and O–H groups in total. The van der Waals surface area contributed by atoms with Crippen molar-refractivity contribution in [2.45, 2.75) is 40.0 Å². The summed E-state index contributed by atoms with van der Waals surface area (Å²) in [6.07, 6.45) is 3.33. The molecule has 5 rings (SSSR count). The van der Waals surface area contributed by atoms with Gasteiger partial charge in [-0.15, -0.1) is 0 Å². The topological polar surface area (TPSA) is 84.0 Å². The second-order valence-corrected chi connectivity index (χ2v) is 9.78. The summed E-state index contributed by atoms with van der Waals surface area (Å²) in [4.78, 5) is 54.2. The molecule has 3 aliphatic rings. The average Bonchev–Trinajstić information content (AvgIpc) is 3.32. The molecule has 2 saturated heterocycles. The first-order valence-electron chi connectivity index (χ1n) is 12.0. The normalized spacial score (nSPS) is 24.0. The number of fused-ring (bicyclic) bond motifs is 1. The average molecular weight is 473 g/mol. The van der Waals surface area contributed by atoms with Crippen molar-refractivity contribution in [2.75, 3.05) is 16.3 Å². The number of esters is 1. The maximum absolute atomic E-state index is 12.9. The molecule has 0 spiro atoms. The van der Waals surface area contributed by atoms with Crippen molar-refractivity contribution >= 4 is 35.1 Å². The molecule has 7 nitrogen and oxygen atoms in total. The molecule has 7 heteroatoms. The third kappa shape index (κ3) is 4.05. The Hall–Kier alpha value is -3.74. The molecule has 0 aromatic heterocycles. The van der Waals surface area contributed by atoms with E-state index in [1.807, 2.05) is 45.0 Å². The zero-order valence-corrected chi connectivity index (χ0v) is 20.1. The minimum Gasteiger partial charge on any atom is -0.426 e. The van der Waals surface area contributed by atoms with Crippen LogP contribution in [-0.4, -0.2) is 30.2 Å². The van der Waals surface area contributed by atoms with Gasteiger partial charge in [0.2, 0.25) is 17.7 Å². The van der Waals surface area contributed by atoms with Crippen LogP contribution in [0.1, 0.15) is 37.3 Å². The van der Waals surface area contributed by atoms with E-state index in [2.05, 4.69) is 0 Å². The number of carbonyl (C=O) groups is 4. The number of allylic oxidation sites excluding steroid dienone is 2. The lowest BCUT2D eigenvalue weighted by Crippen LogP contribution is -2.30. The Bertz CT molecular complexity index is 1240. The van der Waals surface area contributed by atoms with E-state index < -0.39 is 11.9 Å². The van der Waals surface area contributed by atoms with Crippen LogP contribution in [0.5, 0.6) is 5.75 Å². The Balaban J connectivity index is 1.26. The zero-order valence-electron chi connectivity index (χ0n) is 20.1. The summed E-state index contributed by atoms with van der Waals surface area (Å²) in [5.74, 6) is -1.78. The zero-order chi connectivity index (χ0) is 24.9. The Labute approximate surface area is 204 Å². The summed E-state index contributed by atoms with van der Waals surface area (Å²) in [5.41, 5.74) is 4.43. The van der Waals surface area contributed by atoms with Crippen molar-refractivity contribution in [2.24, 2.45) is 17.8 Å². The number of anilines is 2. The predicted octanol–water partition coefficient (Wildman–Crippen LogP) is 4.11. The highest BCUT2D eigenvalue weighted by molar-refractivity contribution is 6.22. The van der Waals surface area contributed by atoms with E-state index in [1.54, 1.807) is 29.2 Å². The number of nitrogens with zero attached hydrogens (tertiary/aromatic N) is 2. The van der Waals surface area contributed by atoms with Crippen molar-refractivity contribution < 1.29 is 23.9 Å². The summed E-state index contributed by atoms with van der Waals surface area (Å²) in [7, 11) is 0. The van der Waals surface area contributed by atoms with E-state index in [9.17, 15) is 19.2 Å². The molecule has 180 valence electrons. The monoisotopic (exact) mass is 472 g/mol. The highest BCUT2D eigenvalue weighted by atomic mass is 16.5. The number of aryl methyl sites for hydroxylation is 2. The Morgan fingerprint density at radius 1 is 0.886 bits per heavy atom. The number of carbonyl (C=O) groups excluding carboxylic acids is 4. The van der Waals surface area contributed by atoms with Gasteiger partial charge in [-0.2, -0.15) is 0 Å². The standard InChI is InChI=1S/C28H28N2O5/c1-16-7-12-22-23(13-16)27(33)30(26(22)32)20-8-10-21(11-9-20)35-28(34)19-14-24(31)29(15-19)25-17(2)5-4-6-18(25)3/h4-11,19,22-23H,12-15H2,1-3H3/t19-,22-,23-/m0/s1. The Morgan fingerprint density at radius 2 is 1.54 bits per heavy atom. The van der Waals surface area contributed by atoms with Crippen molar-refractivity contribution in [3.8, 4) is 5.75 Å². The minimum atomic E-state index is -0.568. The molecule has 0 unspecified atom stereocenters. The molecular formula is C28H28N2O5. The lowest BCUT2D eigenvalue weighted by molar-refractivity contribution is -0.139. The fourth-order valence-electron chi connectivity index (χ4n) is 5.47. The van der Waals surface area contributed by atoms with E-state index >= 15 is 0 Å². The van der Waals surface area contributed by atoms with Crippen LogP contribution in [0.2, 0.25) is 0 Å². The van der Waals surface area contributed by atoms with Crippen LogP contribution >= 0.6 is 0 Å². The third-order valence-electron chi connectivity index (χ3n) is 7.30. The van der Waals surface area contributed by atoms with Gasteiger partial charge < -0.3 is 9.64 Å². The summed E-state index contributed by atoms with van der Waals surface area (Å²) in [6, 6.07) is 12.3. The smallest absolute Gasteiger partial charge is 0.316 e. The van der Waals surface area contributed by atoms with E-state index in [0.29, 0.717) is 24.3 Å². The fraction of sp³-hybridized carbons (Fsp3) is 0.357. The van der Waals surface area contributed by atoms with Gasteiger partial charge in [0.25, 0.3) is 0 Å². The van der Waals surface area contributed by atoms with E-state index in [4.69, 9.17) is 4.74 Å². The number of benzene rings is 2. The molecule has 0 saturated carbocycles. The van der Waals surface area contributed by atoms with E-state index in [1.165, 1.54) is 4.90 Å². The highest BCUT2D eigenvalue weighted by Crippen LogP contribution is 2.40. The fourth-order valence-corrected chi connectivity index (χ4v) is 5.47. The lowest BCUT2D eigenvalue weighted by Gasteiger charge is -2.21. The second kappa shape index (κ2) is 8.80. The summed E-state index contributed by atoms with van der Waals surface area (Å²) in [5, 5.41) is 0. The van der Waals surface area contributed by atoms with Gasteiger partial charge in [0.05, 0.1) is 23.4 Å². The molecule has 3 amide bonds. The number of rotatable bonds is 4. The van der Waals surface area contributed by atoms with Gasteiger partial charge in [-0.3, -0.25) is 24.1 Å². The van der Waals surface area contributed by atoms with E-state index in [-0.39, 0.29) is 42.5 Å². The maximum atomic E-state index is 12.9. The van der Waals surface area contributed by atoms with E-state index in [0.717, 1.165) is 22.4 Å². The van der Waals surface area contributed by atoms with Gasteiger partial charge in [-0.1, -0.05) is 29.8 Å². The van der Waals surface area contributed by atoms with Crippen molar-refractivity contribution in [1.29, 1.82) is 0 Å². The van der Waals surface area contributed by atoms with Gasteiger partial charge in [-0.25, -0.2) is 0 Å². The van der Waals surface area contributed by atoms with Crippen LogP contribution in [0.3, 0.4) is 0 Å². The van der Waals surface area contributed by atoms with Gasteiger partial charge >= 0.3 is 5.97 Å². The molecule has 2 fully saturated rings. The lowest BCUT2D eigenvalue weighted by atomic mass is 9.82. The van der Waals surface area contributed by atoms with Crippen LogP contribution in [0, 0.1) is 31.6 Å². The van der Waals surface area contributed by atoms with Crippen LogP contribution in [0.15, 0.2) is 54.1 Å². The quantitative estimate of drug-likeness (QED) is 0.289. The number of ether oxygens (including phenoxy) is 1. The van der Waals surface area contributed by atoms with Crippen molar-refractivity contribution in [3.05, 3.63) is 65.2 Å². The first-order valence-corrected chi connectivity index (χ1v) is 12.0. The second-order valence-electron chi connectivity index (χ2n) is 9.78.